The van der Waals surface area contributed by atoms with E-state index in [1.54, 1.807) is 0 Å². The Morgan fingerprint density at radius 3 is 2.67 bits per heavy atom. The molecule has 1 aliphatic heterocycles. The Kier molecular flexibility index (Phi) is 5.39. The number of ether oxygens (including phenoxy) is 1. The summed E-state index contributed by atoms with van der Waals surface area (Å²) >= 11 is 5.74. The number of para-hydroxylation sites is 1. The lowest BCUT2D eigenvalue weighted by Crippen LogP contribution is -2.51. The van der Waals surface area contributed by atoms with Gasteiger partial charge in [-0.15, -0.1) is 0 Å². The van der Waals surface area contributed by atoms with Crippen molar-refractivity contribution in [2.75, 3.05) is 12.0 Å². The molecule has 3 rings (SSSR count). The third-order valence-electron chi connectivity index (χ3n) is 5.23. The maximum Gasteiger partial charge on any atom is 0.313 e. The number of fused-ring (bicyclic) bond motifs is 1. The predicted molar refractivity (Wildman–Crippen MR) is 100 cm³/mol. The van der Waals surface area contributed by atoms with E-state index in [9.17, 15) is 4.79 Å². The normalized spacial score (nSPS) is 24.2. The van der Waals surface area contributed by atoms with E-state index in [0.717, 1.165) is 22.8 Å². The summed E-state index contributed by atoms with van der Waals surface area (Å²) < 4.78 is 5.01. The minimum atomic E-state index is -0.213. The number of anilines is 1. The number of hydrogen-bond donors (Lipinski definition) is 1. The number of rotatable bonds is 2. The molecule has 4 nitrogen and oxygen atoms in total. The topological polar surface area (TPSA) is 41.6 Å². The number of methoxy groups -OCH3 is 1. The van der Waals surface area contributed by atoms with Gasteiger partial charge in [-0.2, -0.15) is 0 Å². The van der Waals surface area contributed by atoms with Crippen molar-refractivity contribution in [3.05, 3.63) is 29.8 Å². The Hall–Kier alpha value is -1.62. The number of thiocarbonyl (C=S) groups is 1. The first-order valence-electron chi connectivity index (χ1n) is 8.88. The number of benzene rings is 1. The molecule has 2 atom stereocenters. The van der Waals surface area contributed by atoms with Crippen LogP contribution in [0.2, 0.25) is 0 Å². The Balaban J connectivity index is 1.84. The van der Waals surface area contributed by atoms with Crippen molar-refractivity contribution in [3.8, 4) is 0 Å². The molecule has 1 aromatic rings. The molecule has 0 amide bonds. The number of nitrogens with one attached hydrogen (secondary N) is 1. The first kappa shape index (κ1) is 17.2. The zero-order chi connectivity index (χ0) is 17.1. The molecule has 1 aliphatic carbocycles. The van der Waals surface area contributed by atoms with E-state index in [2.05, 4.69) is 23.2 Å². The molecule has 0 aromatic heterocycles. The van der Waals surface area contributed by atoms with Gasteiger partial charge in [-0.1, -0.05) is 37.5 Å². The average molecular weight is 346 g/mol. The predicted octanol–water partition coefficient (Wildman–Crippen LogP) is 3.75. The maximum absolute atomic E-state index is 12.2. The third-order valence-corrected chi connectivity index (χ3v) is 5.54. The summed E-state index contributed by atoms with van der Waals surface area (Å²) in [6.07, 6.45) is 6.97. The summed E-state index contributed by atoms with van der Waals surface area (Å²) in [4.78, 5) is 14.4. The van der Waals surface area contributed by atoms with E-state index in [0.29, 0.717) is 6.04 Å². The molecule has 24 heavy (non-hydrogen) atoms. The summed E-state index contributed by atoms with van der Waals surface area (Å²) in [5.74, 6) is -0.380. The fourth-order valence-corrected chi connectivity index (χ4v) is 4.42. The first-order valence-corrected chi connectivity index (χ1v) is 9.29. The third kappa shape index (κ3) is 3.41. The molecular weight excluding hydrogens is 320 g/mol. The van der Waals surface area contributed by atoms with Crippen molar-refractivity contribution < 1.29 is 9.53 Å². The molecule has 1 saturated carbocycles. The van der Waals surface area contributed by atoms with Crippen LogP contribution in [0.15, 0.2) is 24.3 Å². The van der Waals surface area contributed by atoms with Crippen molar-refractivity contribution >= 4 is 29.0 Å². The Morgan fingerprint density at radius 1 is 1.25 bits per heavy atom. The van der Waals surface area contributed by atoms with E-state index >= 15 is 0 Å². The fourth-order valence-electron chi connectivity index (χ4n) is 3.98. The van der Waals surface area contributed by atoms with Gasteiger partial charge in [0.1, 0.15) is 0 Å². The van der Waals surface area contributed by atoms with Crippen molar-refractivity contribution in [2.24, 2.45) is 0 Å². The van der Waals surface area contributed by atoms with Crippen LogP contribution >= 0.6 is 12.2 Å². The van der Waals surface area contributed by atoms with Crippen molar-refractivity contribution in [3.63, 3.8) is 0 Å². The number of hydrogen-bond acceptors (Lipinski definition) is 3. The van der Waals surface area contributed by atoms with E-state index in [-0.39, 0.29) is 17.9 Å². The average Bonchev–Trinajstić information content (AvgIpc) is 2.61. The number of esters is 1. The van der Waals surface area contributed by atoms with Gasteiger partial charge in [0, 0.05) is 17.8 Å². The summed E-state index contributed by atoms with van der Waals surface area (Å²) in [6.45, 7) is 2.13. The van der Waals surface area contributed by atoms with Crippen LogP contribution in [0.1, 0.15) is 56.9 Å². The quantitative estimate of drug-likeness (QED) is 0.652. The molecule has 1 aromatic carbocycles. The van der Waals surface area contributed by atoms with E-state index in [1.807, 2.05) is 18.2 Å². The molecule has 5 heteroatoms. The van der Waals surface area contributed by atoms with Gasteiger partial charge in [-0.05, 0) is 50.0 Å². The van der Waals surface area contributed by atoms with Gasteiger partial charge in [0.05, 0.1) is 13.0 Å². The molecule has 1 N–H and O–H groups in total. The number of carbonyl (C=O) groups excluding carboxylic acids is 1. The van der Waals surface area contributed by atoms with Crippen LogP contribution in [0.25, 0.3) is 0 Å². The Labute approximate surface area is 149 Å². The Morgan fingerprint density at radius 2 is 1.96 bits per heavy atom. The monoisotopic (exact) mass is 346 g/mol. The number of carbonyl (C=O) groups is 1. The van der Waals surface area contributed by atoms with Gasteiger partial charge in [0.25, 0.3) is 0 Å². The molecule has 2 unspecified atom stereocenters. The van der Waals surface area contributed by atoms with E-state index in [1.165, 1.54) is 39.2 Å². The smallest absolute Gasteiger partial charge is 0.313 e. The summed E-state index contributed by atoms with van der Waals surface area (Å²) in [5.41, 5.74) is 2.04. The van der Waals surface area contributed by atoms with Crippen LogP contribution in [0.5, 0.6) is 0 Å². The minimum Gasteiger partial charge on any atom is -0.469 e. The first-order chi connectivity index (χ1) is 11.6. The van der Waals surface area contributed by atoms with E-state index in [4.69, 9.17) is 17.0 Å². The molecule has 2 aliphatic rings. The molecule has 0 bridgehead atoms. The van der Waals surface area contributed by atoms with E-state index < -0.39 is 0 Å². The second-order valence-electron chi connectivity index (χ2n) is 6.87. The summed E-state index contributed by atoms with van der Waals surface area (Å²) in [7, 11) is 1.46. The van der Waals surface area contributed by atoms with Crippen LogP contribution in [0.4, 0.5) is 5.69 Å². The maximum atomic E-state index is 12.2. The second kappa shape index (κ2) is 7.51. The molecule has 0 spiro atoms. The van der Waals surface area contributed by atoms with Crippen molar-refractivity contribution in [2.45, 2.75) is 63.5 Å². The fraction of sp³-hybridized carbons (Fsp3) is 0.579. The lowest BCUT2D eigenvalue weighted by atomic mass is 9.86. The van der Waals surface area contributed by atoms with Crippen molar-refractivity contribution in [1.29, 1.82) is 0 Å². The number of nitrogens with zero attached hydrogens (tertiary/aromatic N) is 1. The largest absolute Gasteiger partial charge is 0.469 e. The lowest BCUT2D eigenvalue weighted by Gasteiger charge is -2.41. The van der Waals surface area contributed by atoms with Gasteiger partial charge in [-0.25, -0.2) is 0 Å². The second-order valence-corrected chi connectivity index (χ2v) is 7.26. The van der Waals surface area contributed by atoms with Crippen LogP contribution in [0.3, 0.4) is 0 Å². The van der Waals surface area contributed by atoms with Gasteiger partial charge in [-0.3, -0.25) is 4.79 Å². The van der Waals surface area contributed by atoms with Crippen LogP contribution in [-0.4, -0.2) is 30.3 Å². The lowest BCUT2D eigenvalue weighted by molar-refractivity contribution is -0.142. The Bertz CT molecular complexity index is 613. The van der Waals surface area contributed by atoms with Crippen LogP contribution < -0.4 is 10.2 Å². The van der Waals surface area contributed by atoms with Gasteiger partial charge in [0.15, 0.2) is 5.11 Å². The highest BCUT2D eigenvalue weighted by molar-refractivity contribution is 7.80. The van der Waals surface area contributed by atoms with Gasteiger partial charge < -0.3 is 15.0 Å². The zero-order valence-corrected chi connectivity index (χ0v) is 15.3. The molecule has 1 fully saturated rings. The summed E-state index contributed by atoms with van der Waals surface area (Å²) in [5, 5.41) is 4.34. The van der Waals surface area contributed by atoms with Crippen LogP contribution in [-0.2, 0) is 9.53 Å². The molecular formula is C19H26N2O2S. The molecule has 130 valence electrons. The van der Waals surface area contributed by atoms with Gasteiger partial charge in [0.2, 0.25) is 0 Å². The molecule has 0 radical (unpaired) electrons. The highest BCUT2D eigenvalue weighted by Crippen LogP contribution is 2.39. The highest BCUT2D eigenvalue weighted by Gasteiger charge is 2.36. The summed E-state index contributed by atoms with van der Waals surface area (Å²) in [6, 6.07) is 8.67. The SMILES string of the molecule is COC(=O)C1CC(C)N(C(=S)NC2CCCCC2)c2ccccc21. The highest BCUT2D eigenvalue weighted by atomic mass is 32.1. The van der Waals surface area contributed by atoms with Gasteiger partial charge >= 0.3 is 5.97 Å². The van der Waals surface area contributed by atoms with Crippen molar-refractivity contribution in [1.82, 2.24) is 5.32 Å². The van der Waals surface area contributed by atoms with Crippen LogP contribution in [0, 0.1) is 0 Å². The minimum absolute atomic E-state index is 0.160. The molecule has 1 heterocycles. The standard InChI is InChI=1S/C19H26N2O2S/c1-13-12-16(18(22)23-2)15-10-6-7-11-17(15)21(13)19(24)20-14-8-4-3-5-9-14/h6-7,10-11,13-14,16H,3-5,8-9,12H2,1-2H3,(H,20,24). The zero-order valence-electron chi connectivity index (χ0n) is 14.5. The molecule has 0 saturated heterocycles.